The zero-order chi connectivity index (χ0) is 19.7. The molecule has 140 valence electrons. The van der Waals surface area contributed by atoms with E-state index in [1.807, 2.05) is 0 Å². The highest BCUT2D eigenvalue weighted by Gasteiger charge is 2.51. The van der Waals surface area contributed by atoms with Crippen LogP contribution in [-0.4, -0.2) is 52.9 Å². The summed E-state index contributed by atoms with van der Waals surface area (Å²) in [6.45, 7) is 5.78. The van der Waals surface area contributed by atoms with Crippen LogP contribution >= 0.6 is 0 Å². The highest BCUT2D eigenvalue weighted by molar-refractivity contribution is 6.23. The number of hydrogen-bond acceptors (Lipinski definition) is 7. The van der Waals surface area contributed by atoms with Crippen LogP contribution in [0, 0.1) is 0 Å². The number of hydrogen-bond donors (Lipinski definition) is 1. The van der Waals surface area contributed by atoms with E-state index in [0.717, 1.165) is 0 Å². The van der Waals surface area contributed by atoms with E-state index in [1.54, 1.807) is 39.8 Å². The van der Waals surface area contributed by atoms with Crippen molar-refractivity contribution < 1.29 is 28.7 Å². The lowest BCUT2D eigenvalue weighted by atomic mass is 9.89. The number of imide groups is 1. The number of fused-ring (bicyclic) bond motifs is 1. The van der Waals surface area contributed by atoms with Crippen LogP contribution in [0.2, 0.25) is 0 Å². The molecule has 1 aliphatic heterocycles. The number of carbonyl (C=O) groups excluding carboxylic acids is 4. The highest BCUT2D eigenvalue weighted by Crippen LogP contribution is 2.26. The molecule has 1 aliphatic rings. The maximum atomic E-state index is 12.9. The number of nitrogens with two attached hydrogens (primary N) is 1. The van der Waals surface area contributed by atoms with Gasteiger partial charge in [0.1, 0.15) is 5.60 Å². The van der Waals surface area contributed by atoms with Gasteiger partial charge in [-0.15, -0.1) is 0 Å². The highest BCUT2D eigenvalue weighted by atomic mass is 16.6. The summed E-state index contributed by atoms with van der Waals surface area (Å²) < 4.78 is 10.1. The largest absolute Gasteiger partial charge is 0.464 e. The first-order chi connectivity index (χ1) is 12.0. The number of ether oxygens (including phenoxy) is 2. The van der Waals surface area contributed by atoms with Crippen LogP contribution in [0.4, 0.5) is 4.79 Å². The summed E-state index contributed by atoms with van der Waals surface area (Å²) >= 11 is 0. The standard InChI is InChI=1S/C18H22N2O6/c1-5-25-15(23)18(19)10-20(16(24)26-17(2,3)4)14(22)12-9-7-6-8-11(12)13(18)21/h6-9H,5,10,19H2,1-4H3. The van der Waals surface area contributed by atoms with Crippen molar-refractivity contribution in [2.75, 3.05) is 13.2 Å². The third-order valence-corrected chi connectivity index (χ3v) is 3.71. The summed E-state index contributed by atoms with van der Waals surface area (Å²) in [6.07, 6.45) is -0.994. The monoisotopic (exact) mass is 362 g/mol. The van der Waals surface area contributed by atoms with Gasteiger partial charge in [0.2, 0.25) is 0 Å². The van der Waals surface area contributed by atoms with Gasteiger partial charge in [0.25, 0.3) is 5.91 Å². The maximum absolute atomic E-state index is 12.9. The van der Waals surface area contributed by atoms with Gasteiger partial charge in [-0.1, -0.05) is 18.2 Å². The van der Waals surface area contributed by atoms with Crippen LogP contribution in [0.3, 0.4) is 0 Å². The summed E-state index contributed by atoms with van der Waals surface area (Å²) in [6, 6.07) is 5.86. The van der Waals surface area contributed by atoms with Gasteiger partial charge in [0.05, 0.1) is 18.7 Å². The van der Waals surface area contributed by atoms with Crippen molar-refractivity contribution in [1.29, 1.82) is 0 Å². The SMILES string of the molecule is CCOC(=O)C1(N)CN(C(=O)OC(C)(C)C)C(=O)c2ccccc2C1=O. The molecule has 1 aromatic rings. The Morgan fingerprint density at radius 2 is 1.77 bits per heavy atom. The van der Waals surface area contributed by atoms with Crippen LogP contribution in [0.25, 0.3) is 0 Å². The second-order valence-electron chi connectivity index (χ2n) is 6.94. The zero-order valence-corrected chi connectivity index (χ0v) is 15.2. The summed E-state index contributed by atoms with van der Waals surface area (Å²) in [7, 11) is 0. The molecule has 0 radical (unpaired) electrons. The quantitative estimate of drug-likeness (QED) is 0.626. The molecule has 0 saturated heterocycles. The Hall–Kier alpha value is -2.74. The number of carbonyl (C=O) groups is 4. The third-order valence-electron chi connectivity index (χ3n) is 3.71. The van der Waals surface area contributed by atoms with Crippen molar-refractivity contribution in [3.05, 3.63) is 35.4 Å². The van der Waals surface area contributed by atoms with E-state index in [-0.39, 0.29) is 17.7 Å². The summed E-state index contributed by atoms with van der Waals surface area (Å²) in [5, 5.41) is 0. The molecule has 8 nitrogen and oxygen atoms in total. The van der Waals surface area contributed by atoms with E-state index in [0.29, 0.717) is 4.90 Å². The zero-order valence-electron chi connectivity index (χ0n) is 15.2. The van der Waals surface area contributed by atoms with E-state index in [9.17, 15) is 19.2 Å². The third kappa shape index (κ3) is 3.60. The van der Waals surface area contributed by atoms with Gasteiger partial charge in [0.15, 0.2) is 11.3 Å². The van der Waals surface area contributed by atoms with Gasteiger partial charge in [-0.05, 0) is 33.8 Å². The predicted molar refractivity (Wildman–Crippen MR) is 91.6 cm³/mol. The molecular weight excluding hydrogens is 340 g/mol. The molecule has 0 bridgehead atoms. The fourth-order valence-corrected chi connectivity index (χ4v) is 2.53. The van der Waals surface area contributed by atoms with E-state index >= 15 is 0 Å². The second kappa shape index (κ2) is 6.87. The number of benzene rings is 1. The Balaban J connectivity index is 2.58. The number of Topliss-reactive ketones (excluding diaryl/α,β-unsaturated/α-hetero) is 1. The van der Waals surface area contributed by atoms with Crippen LogP contribution in [0.5, 0.6) is 0 Å². The fraction of sp³-hybridized carbons (Fsp3) is 0.444. The maximum Gasteiger partial charge on any atom is 0.417 e. The van der Waals surface area contributed by atoms with Crippen molar-refractivity contribution in [1.82, 2.24) is 4.90 Å². The molecule has 2 amide bonds. The number of ketones is 1. The van der Waals surface area contributed by atoms with Crippen molar-refractivity contribution in [3.63, 3.8) is 0 Å². The van der Waals surface area contributed by atoms with Crippen molar-refractivity contribution >= 4 is 23.8 Å². The van der Waals surface area contributed by atoms with Gasteiger partial charge in [0, 0.05) is 5.56 Å². The van der Waals surface area contributed by atoms with Gasteiger partial charge in [-0.25, -0.2) is 14.5 Å². The normalized spacial score (nSPS) is 20.3. The molecule has 2 rings (SSSR count). The molecule has 0 aromatic heterocycles. The molecule has 0 spiro atoms. The number of amides is 2. The fourth-order valence-electron chi connectivity index (χ4n) is 2.53. The molecule has 1 heterocycles. The van der Waals surface area contributed by atoms with Crippen molar-refractivity contribution in [2.24, 2.45) is 5.73 Å². The molecule has 0 fully saturated rings. The van der Waals surface area contributed by atoms with Gasteiger partial charge in [-0.3, -0.25) is 9.59 Å². The second-order valence-corrected chi connectivity index (χ2v) is 6.94. The Morgan fingerprint density at radius 1 is 1.19 bits per heavy atom. The minimum Gasteiger partial charge on any atom is -0.464 e. The Labute approximate surface area is 151 Å². The van der Waals surface area contributed by atoms with Crippen LogP contribution in [0.15, 0.2) is 24.3 Å². The number of esters is 1. The molecule has 1 unspecified atom stereocenters. The van der Waals surface area contributed by atoms with Crippen LogP contribution < -0.4 is 5.73 Å². The summed E-state index contributed by atoms with van der Waals surface area (Å²) in [5.41, 5.74) is 2.91. The minimum atomic E-state index is -2.21. The first kappa shape index (κ1) is 19.6. The van der Waals surface area contributed by atoms with E-state index < -0.39 is 41.4 Å². The lowest BCUT2D eigenvalue weighted by molar-refractivity contribution is -0.147. The Kier molecular flexibility index (Phi) is 5.18. The lowest BCUT2D eigenvalue weighted by Crippen LogP contribution is -2.62. The molecule has 26 heavy (non-hydrogen) atoms. The molecule has 0 aliphatic carbocycles. The van der Waals surface area contributed by atoms with Crippen molar-refractivity contribution in [3.8, 4) is 0 Å². The molecule has 1 atom stereocenters. The Bertz CT molecular complexity index is 767. The van der Waals surface area contributed by atoms with Gasteiger partial charge in [-0.2, -0.15) is 0 Å². The molecule has 1 aromatic carbocycles. The molecule has 2 N–H and O–H groups in total. The van der Waals surface area contributed by atoms with Crippen molar-refractivity contribution in [2.45, 2.75) is 38.8 Å². The molecule has 8 heteroatoms. The topological polar surface area (TPSA) is 116 Å². The number of rotatable bonds is 2. The average molecular weight is 362 g/mol. The van der Waals surface area contributed by atoms with Gasteiger partial charge < -0.3 is 15.2 Å². The Morgan fingerprint density at radius 3 is 2.31 bits per heavy atom. The van der Waals surface area contributed by atoms with E-state index in [1.165, 1.54) is 12.1 Å². The first-order valence-corrected chi connectivity index (χ1v) is 8.16. The molecule has 0 saturated carbocycles. The predicted octanol–water partition coefficient (Wildman–Crippen LogP) is 1.52. The summed E-state index contributed by atoms with van der Waals surface area (Å²) in [5.74, 6) is -2.56. The smallest absolute Gasteiger partial charge is 0.417 e. The first-order valence-electron chi connectivity index (χ1n) is 8.16. The molecular formula is C18H22N2O6. The van der Waals surface area contributed by atoms with Crippen LogP contribution in [-0.2, 0) is 14.3 Å². The van der Waals surface area contributed by atoms with E-state index in [4.69, 9.17) is 15.2 Å². The van der Waals surface area contributed by atoms with E-state index in [2.05, 4.69) is 0 Å². The lowest BCUT2D eigenvalue weighted by Gasteiger charge is -2.30. The summed E-state index contributed by atoms with van der Waals surface area (Å²) in [4.78, 5) is 51.4. The average Bonchev–Trinajstić information content (AvgIpc) is 2.64. The minimum absolute atomic E-state index is 0.00685. The number of nitrogens with zero attached hydrogens (tertiary/aromatic N) is 1. The van der Waals surface area contributed by atoms with Gasteiger partial charge >= 0.3 is 12.1 Å². The van der Waals surface area contributed by atoms with Crippen LogP contribution in [0.1, 0.15) is 48.4 Å².